The second kappa shape index (κ2) is 5.80. The zero-order valence-corrected chi connectivity index (χ0v) is 11.1. The lowest BCUT2D eigenvalue weighted by molar-refractivity contribution is -0.129. The van der Waals surface area contributed by atoms with Crippen LogP contribution in [0.4, 0.5) is 14.5 Å². The summed E-state index contributed by atoms with van der Waals surface area (Å²) in [5.74, 6) is -1.57. The van der Waals surface area contributed by atoms with Crippen LogP contribution < -0.4 is 5.32 Å². The van der Waals surface area contributed by atoms with Gasteiger partial charge in [-0.2, -0.15) is 0 Å². The molecule has 18 heavy (non-hydrogen) atoms. The van der Waals surface area contributed by atoms with E-state index in [1.165, 1.54) is 17.0 Å². The van der Waals surface area contributed by atoms with Gasteiger partial charge < -0.3 is 10.2 Å². The first-order chi connectivity index (χ1) is 8.34. The molecule has 3 nitrogen and oxygen atoms in total. The number of halogens is 2. The highest BCUT2D eigenvalue weighted by Gasteiger charge is 2.15. The summed E-state index contributed by atoms with van der Waals surface area (Å²) in [6.45, 7) is 5.14. The SMILES string of the molecule is Cc1ccc(F)c(NCC(=O)N(C)C(C)C)c1F. The number of hydrogen-bond acceptors (Lipinski definition) is 2. The normalized spacial score (nSPS) is 10.6. The van der Waals surface area contributed by atoms with Gasteiger partial charge in [-0.1, -0.05) is 6.07 Å². The Labute approximate surface area is 106 Å². The number of carbonyl (C=O) groups excluding carboxylic acids is 1. The molecule has 1 N–H and O–H groups in total. The van der Waals surface area contributed by atoms with Crippen molar-refractivity contribution in [2.45, 2.75) is 26.8 Å². The van der Waals surface area contributed by atoms with E-state index in [0.717, 1.165) is 0 Å². The van der Waals surface area contributed by atoms with Crippen molar-refractivity contribution in [3.8, 4) is 0 Å². The fourth-order valence-electron chi connectivity index (χ4n) is 1.40. The molecule has 0 aliphatic rings. The Balaban J connectivity index is 2.76. The molecule has 0 bridgehead atoms. The molecule has 1 amide bonds. The van der Waals surface area contributed by atoms with Crippen LogP contribution in [0, 0.1) is 18.6 Å². The third kappa shape index (κ3) is 3.18. The van der Waals surface area contributed by atoms with Crippen LogP contribution in [0.1, 0.15) is 19.4 Å². The fourth-order valence-corrected chi connectivity index (χ4v) is 1.40. The van der Waals surface area contributed by atoms with Crippen molar-refractivity contribution in [1.82, 2.24) is 4.90 Å². The molecule has 0 saturated heterocycles. The number of likely N-dealkylation sites (N-methyl/N-ethyl adjacent to an activating group) is 1. The lowest BCUT2D eigenvalue weighted by Crippen LogP contribution is -2.37. The zero-order chi connectivity index (χ0) is 13.9. The second-order valence-electron chi connectivity index (χ2n) is 4.51. The van der Waals surface area contributed by atoms with E-state index in [2.05, 4.69) is 5.32 Å². The van der Waals surface area contributed by atoms with Gasteiger partial charge in [0.2, 0.25) is 5.91 Å². The number of anilines is 1. The van der Waals surface area contributed by atoms with Crippen molar-refractivity contribution in [2.75, 3.05) is 18.9 Å². The van der Waals surface area contributed by atoms with E-state index in [1.807, 2.05) is 13.8 Å². The fraction of sp³-hybridized carbons (Fsp3) is 0.462. The van der Waals surface area contributed by atoms with Crippen LogP contribution in [0.3, 0.4) is 0 Å². The molecule has 1 aromatic rings. The van der Waals surface area contributed by atoms with E-state index in [4.69, 9.17) is 0 Å². The van der Waals surface area contributed by atoms with Gasteiger partial charge in [-0.3, -0.25) is 4.79 Å². The van der Waals surface area contributed by atoms with Crippen LogP contribution in [0.5, 0.6) is 0 Å². The summed E-state index contributed by atoms with van der Waals surface area (Å²) in [6, 6.07) is 2.58. The van der Waals surface area contributed by atoms with E-state index in [0.29, 0.717) is 5.56 Å². The predicted octanol–water partition coefficient (Wildman–Crippen LogP) is 2.55. The summed E-state index contributed by atoms with van der Waals surface area (Å²) in [7, 11) is 1.65. The van der Waals surface area contributed by atoms with Crippen molar-refractivity contribution >= 4 is 11.6 Å². The quantitative estimate of drug-likeness (QED) is 0.898. The van der Waals surface area contributed by atoms with Crippen molar-refractivity contribution in [1.29, 1.82) is 0 Å². The molecule has 1 aromatic carbocycles. The topological polar surface area (TPSA) is 32.3 Å². The van der Waals surface area contributed by atoms with Gasteiger partial charge in [-0.25, -0.2) is 8.78 Å². The maximum Gasteiger partial charge on any atom is 0.241 e. The predicted molar refractivity (Wildman–Crippen MR) is 67.5 cm³/mol. The number of rotatable bonds is 4. The van der Waals surface area contributed by atoms with E-state index < -0.39 is 11.6 Å². The highest BCUT2D eigenvalue weighted by atomic mass is 19.1. The molecule has 0 spiro atoms. The largest absolute Gasteiger partial charge is 0.371 e. The number of nitrogens with one attached hydrogen (secondary N) is 1. The first-order valence-electron chi connectivity index (χ1n) is 5.78. The Morgan fingerprint density at radius 1 is 1.39 bits per heavy atom. The van der Waals surface area contributed by atoms with Crippen LogP contribution >= 0.6 is 0 Å². The molecule has 0 aliphatic carbocycles. The average Bonchev–Trinajstić information content (AvgIpc) is 2.32. The summed E-state index contributed by atoms with van der Waals surface area (Å²) in [4.78, 5) is 13.2. The molecule has 0 saturated carbocycles. The monoisotopic (exact) mass is 256 g/mol. The molecule has 0 fully saturated rings. The number of aryl methyl sites for hydroxylation is 1. The third-order valence-electron chi connectivity index (χ3n) is 2.87. The van der Waals surface area contributed by atoms with Gasteiger partial charge in [0.05, 0.1) is 6.54 Å². The standard InChI is InChI=1S/C13H18F2N2O/c1-8(2)17(4)11(18)7-16-13-10(14)6-5-9(3)12(13)15/h5-6,8,16H,7H2,1-4H3. The molecule has 0 aliphatic heterocycles. The van der Waals surface area contributed by atoms with Crippen molar-refractivity contribution < 1.29 is 13.6 Å². The van der Waals surface area contributed by atoms with Gasteiger partial charge in [-0.05, 0) is 32.4 Å². The smallest absolute Gasteiger partial charge is 0.241 e. The van der Waals surface area contributed by atoms with Crippen LogP contribution in [0.15, 0.2) is 12.1 Å². The third-order valence-corrected chi connectivity index (χ3v) is 2.87. The number of carbonyl (C=O) groups is 1. The van der Waals surface area contributed by atoms with E-state index >= 15 is 0 Å². The number of amides is 1. The van der Waals surface area contributed by atoms with Crippen LogP contribution in [0.25, 0.3) is 0 Å². The highest BCUT2D eigenvalue weighted by Crippen LogP contribution is 2.21. The Bertz CT molecular complexity index is 447. The summed E-state index contributed by atoms with van der Waals surface area (Å²) < 4.78 is 27.1. The first kappa shape index (κ1) is 14.4. The minimum absolute atomic E-state index is 0.0477. The second-order valence-corrected chi connectivity index (χ2v) is 4.51. The molecular weight excluding hydrogens is 238 g/mol. The minimum Gasteiger partial charge on any atom is -0.371 e. The summed E-state index contributed by atoms with van der Waals surface area (Å²) in [5, 5.41) is 2.52. The van der Waals surface area contributed by atoms with Crippen molar-refractivity contribution in [2.24, 2.45) is 0 Å². The van der Waals surface area contributed by atoms with Gasteiger partial charge in [0.1, 0.15) is 11.5 Å². The lowest BCUT2D eigenvalue weighted by Gasteiger charge is -2.22. The van der Waals surface area contributed by atoms with Gasteiger partial charge in [0.25, 0.3) is 0 Å². The van der Waals surface area contributed by atoms with Gasteiger partial charge in [-0.15, -0.1) is 0 Å². The highest BCUT2D eigenvalue weighted by molar-refractivity contribution is 5.81. The maximum atomic E-state index is 13.6. The molecule has 0 heterocycles. The van der Waals surface area contributed by atoms with E-state index in [1.54, 1.807) is 14.0 Å². The molecule has 100 valence electrons. The molecule has 5 heteroatoms. The van der Waals surface area contributed by atoms with Gasteiger partial charge in [0.15, 0.2) is 5.82 Å². The molecule has 0 unspecified atom stereocenters. The molecular formula is C13H18F2N2O. The number of benzene rings is 1. The first-order valence-corrected chi connectivity index (χ1v) is 5.78. The van der Waals surface area contributed by atoms with Crippen molar-refractivity contribution in [3.05, 3.63) is 29.3 Å². The molecule has 1 rings (SSSR count). The summed E-state index contributed by atoms with van der Waals surface area (Å²) in [5.41, 5.74) is 0.0871. The molecule has 0 aromatic heterocycles. The molecule has 0 radical (unpaired) electrons. The Morgan fingerprint density at radius 2 is 2.00 bits per heavy atom. The van der Waals surface area contributed by atoms with Crippen LogP contribution in [-0.2, 0) is 4.79 Å². The zero-order valence-electron chi connectivity index (χ0n) is 11.1. The molecule has 0 atom stereocenters. The minimum atomic E-state index is -0.696. The average molecular weight is 256 g/mol. The maximum absolute atomic E-state index is 13.6. The Morgan fingerprint density at radius 3 is 2.56 bits per heavy atom. The van der Waals surface area contributed by atoms with Crippen LogP contribution in [-0.4, -0.2) is 30.4 Å². The van der Waals surface area contributed by atoms with E-state index in [-0.39, 0.29) is 24.2 Å². The lowest BCUT2D eigenvalue weighted by atomic mass is 10.2. The Kier molecular flexibility index (Phi) is 4.64. The van der Waals surface area contributed by atoms with Crippen LogP contribution in [0.2, 0.25) is 0 Å². The summed E-state index contributed by atoms with van der Waals surface area (Å²) in [6.07, 6.45) is 0. The van der Waals surface area contributed by atoms with Crippen molar-refractivity contribution in [3.63, 3.8) is 0 Å². The summed E-state index contributed by atoms with van der Waals surface area (Å²) >= 11 is 0. The van der Waals surface area contributed by atoms with Gasteiger partial charge >= 0.3 is 0 Å². The van der Waals surface area contributed by atoms with E-state index in [9.17, 15) is 13.6 Å². The number of nitrogens with zero attached hydrogens (tertiary/aromatic N) is 1. The Hall–Kier alpha value is -1.65. The van der Waals surface area contributed by atoms with Gasteiger partial charge in [0, 0.05) is 13.1 Å². The number of hydrogen-bond donors (Lipinski definition) is 1.